The van der Waals surface area contributed by atoms with Gasteiger partial charge in [-0.25, -0.2) is 0 Å². The Morgan fingerprint density at radius 3 is 1.89 bits per heavy atom. The number of nitrogens with zero attached hydrogens (tertiary/aromatic N) is 3. The summed E-state index contributed by atoms with van der Waals surface area (Å²) in [6.45, 7) is 5.11. The van der Waals surface area contributed by atoms with Crippen LogP contribution in [0.15, 0.2) is 0 Å². The molecule has 0 spiro atoms. The molecule has 0 rings (SSSR count). The van der Waals surface area contributed by atoms with Gasteiger partial charge in [-0.05, 0) is 33.6 Å². The average Bonchev–Trinajstić information content (AvgIpc) is 2.37. The van der Waals surface area contributed by atoms with Crippen LogP contribution in [0.4, 0.5) is 0 Å². The van der Waals surface area contributed by atoms with Gasteiger partial charge in [-0.1, -0.05) is 0 Å². The molecule has 0 radical (unpaired) electrons. The lowest BCUT2D eigenvalue weighted by atomic mass is 9.75. The van der Waals surface area contributed by atoms with Crippen molar-refractivity contribution in [2.24, 2.45) is 17.3 Å². The van der Waals surface area contributed by atoms with Gasteiger partial charge in [0.25, 0.3) is 0 Å². The molecule has 2 unspecified atom stereocenters. The smallest absolute Gasteiger partial charge is 0.326 e. The summed E-state index contributed by atoms with van der Waals surface area (Å²) in [6, 6.07) is 5.96. The van der Waals surface area contributed by atoms with Gasteiger partial charge in [0, 0.05) is 11.8 Å². The Kier molecular flexibility index (Phi) is 6.47. The Morgan fingerprint density at radius 2 is 1.61 bits per heavy atom. The summed E-state index contributed by atoms with van der Waals surface area (Å²) in [5.74, 6) is -1.53. The van der Waals surface area contributed by atoms with Crippen molar-refractivity contribution in [1.29, 1.82) is 15.8 Å². The SMILES string of the molecule is CCOC(=O)C(C#N)(CC(C)C#N)CC(C)C#N. The molecule has 0 heterocycles. The zero-order valence-corrected chi connectivity index (χ0v) is 10.9. The third-order valence-corrected chi connectivity index (χ3v) is 2.63. The van der Waals surface area contributed by atoms with Gasteiger partial charge in [0.05, 0.1) is 24.8 Å². The summed E-state index contributed by atoms with van der Waals surface area (Å²) in [5, 5.41) is 26.9. The fourth-order valence-corrected chi connectivity index (χ4v) is 1.79. The van der Waals surface area contributed by atoms with Crippen LogP contribution in [0.25, 0.3) is 0 Å². The first-order valence-electron chi connectivity index (χ1n) is 5.83. The molecular weight excluding hydrogens is 230 g/mol. The van der Waals surface area contributed by atoms with E-state index in [4.69, 9.17) is 15.3 Å². The molecule has 5 nitrogen and oxygen atoms in total. The highest BCUT2D eigenvalue weighted by atomic mass is 16.5. The van der Waals surface area contributed by atoms with Crippen LogP contribution in [-0.4, -0.2) is 12.6 Å². The van der Waals surface area contributed by atoms with Crippen LogP contribution in [0.2, 0.25) is 0 Å². The lowest BCUT2D eigenvalue weighted by Gasteiger charge is -2.26. The van der Waals surface area contributed by atoms with Gasteiger partial charge in [-0.3, -0.25) is 4.79 Å². The van der Waals surface area contributed by atoms with Gasteiger partial charge in [-0.2, -0.15) is 15.8 Å². The molecule has 0 aliphatic carbocycles. The van der Waals surface area contributed by atoms with Crippen molar-refractivity contribution in [1.82, 2.24) is 0 Å². The fraction of sp³-hybridized carbons (Fsp3) is 0.692. The van der Waals surface area contributed by atoms with Crippen molar-refractivity contribution in [2.45, 2.75) is 33.6 Å². The van der Waals surface area contributed by atoms with Crippen LogP contribution in [0.5, 0.6) is 0 Å². The highest BCUT2D eigenvalue weighted by Gasteiger charge is 2.42. The normalized spacial score (nSPS) is 16.2. The molecule has 0 aromatic rings. The van der Waals surface area contributed by atoms with Crippen LogP contribution >= 0.6 is 0 Å². The summed E-state index contributed by atoms with van der Waals surface area (Å²) in [7, 11) is 0. The first-order valence-corrected chi connectivity index (χ1v) is 5.83. The average molecular weight is 247 g/mol. The Bertz CT molecular complexity index is 389. The summed E-state index contributed by atoms with van der Waals surface area (Å²) in [5.41, 5.74) is -1.40. The molecule has 0 amide bonds. The molecule has 0 aliphatic rings. The van der Waals surface area contributed by atoms with E-state index < -0.39 is 23.2 Å². The van der Waals surface area contributed by atoms with Crippen molar-refractivity contribution in [3.63, 3.8) is 0 Å². The van der Waals surface area contributed by atoms with Gasteiger partial charge < -0.3 is 4.74 Å². The van der Waals surface area contributed by atoms with Crippen LogP contribution in [0.1, 0.15) is 33.6 Å². The second kappa shape index (κ2) is 7.30. The van der Waals surface area contributed by atoms with Gasteiger partial charge in [-0.15, -0.1) is 0 Å². The van der Waals surface area contributed by atoms with Crippen molar-refractivity contribution in [3.8, 4) is 18.2 Å². The number of carbonyl (C=O) groups is 1. The number of hydrogen-bond acceptors (Lipinski definition) is 5. The van der Waals surface area contributed by atoms with Crippen LogP contribution in [-0.2, 0) is 9.53 Å². The number of nitriles is 3. The fourth-order valence-electron chi connectivity index (χ4n) is 1.79. The van der Waals surface area contributed by atoms with Crippen molar-refractivity contribution in [2.75, 3.05) is 6.61 Å². The minimum Gasteiger partial charge on any atom is -0.465 e. The van der Waals surface area contributed by atoms with Crippen molar-refractivity contribution < 1.29 is 9.53 Å². The van der Waals surface area contributed by atoms with E-state index in [0.29, 0.717) is 0 Å². The molecule has 0 saturated heterocycles. The maximum atomic E-state index is 11.9. The molecule has 0 saturated carbocycles. The summed E-state index contributed by atoms with van der Waals surface area (Å²) in [6.07, 6.45) is 0.176. The third-order valence-electron chi connectivity index (χ3n) is 2.63. The van der Waals surface area contributed by atoms with Gasteiger partial charge in [0.2, 0.25) is 0 Å². The molecule has 5 heteroatoms. The highest BCUT2D eigenvalue weighted by molar-refractivity contribution is 5.80. The van der Waals surface area contributed by atoms with Crippen molar-refractivity contribution in [3.05, 3.63) is 0 Å². The molecule has 0 N–H and O–H groups in total. The van der Waals surface area contributed by atoms with Crippen LogP contribution in [0.3, 0.4) is 0 Å². The van der Waals surface area contributed by atoms with E-state index in [1.165, 1.54) is 0 Å². The summed E-state index contributed by atoms with van der Waals surface area (Å²) >= 11 is 0. The Labute approximate surface area is 108 Å². The largest absolute Gasteiger partial charge is 0.465 e. The second-order valence-corrected chi connectivity index (χ2v) is 4.38. The van der Waals surface area contributed by atoms with E-state index in [1.807, 2.05) is 18.2 Å². The molecule has 96 valence electrons. The Morgan fingerprint density at radius 1 is 1.17 bits per heavy atom. The van der Waals surface area contributed by atoms with Gasteiger partial charge in [0.1, 0.15) is 0 Å². The highest BCUT2D eigenvalue weighted by Crippen LogP contribution is 2.34. The van der Waals surface area contributed by atoms with E-state index in [0.717, 1.165) is 0 Å². The van der Waals surface area contributed by atoms with Crippen molar-refractivity contribution >= 4 is 5.97 Å². The first-order chi connectivity index (χ1) is 8.45. The molecule has 2 atom stereocenters. The maximum Gasteiger partial charge on any atom is 0.326 e. The Balaban J connectivity index is 5.23. The van der Waals surface area contributed by atoms with E-state index in [9.17, 15) is 10.1 Å². The maximum absolute atomic E-state index is 11.9. The Hall–Kier alpha value is -2.06. The quantitative estimate of drug-likeness (QED) is 0.670. The van der Waals surface area contributed by atoms with Gasteiger partial charge in [0.15, 0.2) is 5.41 Å². The number of hydrogen-bond donors (Lipinski definition) is 0. The lowest BCUT2D eigenvalue weighted by Crippen LogP contribution is -2.35. The lowest BCUT2D eigenvalue weighted by molar-refractivity contribution is -0.153. The molecule has 0 aromatic heterocycles. The summed E-state index contributed by atoms with van der Waals surface area (Å²) < 4.78 is 4.91. The molecule has 0 fully saturated rings. The standard InChI is InChI=1S/C13H17N3O2/c1-4-18-12(17)13(9-16,5-10(2)7-14)6-11(3)8-15/h10-11H,4-6H2,1-3H3. The van der Waals surface area contributed by atoms with E-state index in [1.54, 1.807) is 20.8 Å². The second-order valence-electron chi connectivity index (χ2n) is 4.38. The zero-order valence-electron chi connectivity index (χ0n) is 10.9. The minimum absolute atomic E-state index is 0.0881. The minimum atomic E-state index is -1.40. The van der Waals surface area contributed by atoms with Crippen LogP contribution in [0, 0.1) is 51.2 Å². The molecule has 0 aromatic carbocycles. The monoisotopic (exact) mass is 247 g/mol. The van der Waals surface area contributed by atoms with E-state index in [2.05, 4.69) is 0 Å². The van der Waals surface area contributed by atoms with Gasteiger partial charge >= 0.3 is 5.97 Å². The van der Waals surface area contributed by atoms with E-state index >= 15 is 0 Å². The number of esters is 1. The third kappa shape index (κ3) is 4.07. The summed E-state index contributed by atoms with van der Waals surface area (Å²) in [4.78, 5) is 11.9. The number of ether oxygens (including phenoxy) is 1. The molecule has 0 aliphatic heterocycles. The predicted molar refractivity (Wildman–Crippen MR) is 63.5 cm³/mol. The molecular formula is C13H17N3O2. The zero-order chi connectivity index (χ0) is 14.2. The molecule has 18 heavy (non-hydrogen) atoms. The topological polar surface area (TPSA) is 97.7 Å². The predicted octanol–water partition coefficient (Wildman–Crippen LogP) is 2.16. The first kappa shape index (κ1) is 15.9. The van der Waals surface area contributed by atoms with Crippen LogP contribution < -0.4 is 0 Å². The number of carbonyl (C=O) groups excluding carboxylic acids is 1. The van der Waals surface area contributed by atoms with E-state index in [-0.39, 0.29) is 19.4 Å². The molecule has 0 bridgehead atoms. The number of rotatable bonds is 6.